The van der Waals surface area contributed by atoms with Gasteiger partial charge in [-0.1, -0.05) is 18.2 Å². The third-order valence-electron chi connectivity index (χ3n) is 2.46. The molecule has 1 atom stereocenters. The van der Waals surface area contributed by atoms with Crippen LogP contribution in [-0.2, 0) is 14.8 Å². The van der Waals surface area contributed by atoms with Crippen LogP contribution in [0.2, 0.25) is 0 Å². The van der Waals surface area contributed by atoms with Crippen LogP contribution < -0.4 is 0 Å². The fourth-order valence-corrected chi connectivity index (χ4v) is 2.92. The second-order valence-electron chi connectivity index (χ2n) is 3.49. The van der Waals surface area contributed by atoms with Crippen molar-refractivity contribution >= 4 is 15.9 Å². The lowest BCUT2D eigenvalue weighted by atomic mass is 10.2. The molecular formula is C9H8N2O5S. The third kappa shape index (κ3) is 1.76. The number of hydrogen-bond donors (Lipinski definition) is 0. The van der Waals surface area contributed by atoms with Crippen LogP contribution in [0.25, 0.3) is 0 Å². The minimum Gasteiger partial charge on any atom is -0.266 e. The molecule has 0 aromatic heterocycles. The quantitative estimate of drug-likeness (QED) is 0.426. The minimum absolute atomic E-state index is 0.0462. The van der Waals surface area contributed by atoms with E-state index < -0.39 is 33.4 Å². The summed E-state index contributed by atoms with van der Waals surface area (Å²) >= 11 is 0. The fourth-order valence-electron chi connectivity index (χ4n) is 1.47. The summed E-state index contributed by atoms with van der Waals surface area (Å²) in [4.78, 5) is 20.9. The van der Waals surface area contributed by atoms with Crippen molar-refractivity contribution in [2.24, 2.45) is 0 Å². The van der Waals surface area contributed by atoms with Crippen LogP contribution in [0.15, 0.2) is 35.2 Å². The first-order valence-electron chi connectivity index (χ1n) is 4.69. The maximum atomic E-state index is 11.9. The monoisotopic (exact) mass is 256 g/mol. The molecule has 1 aliphatic heterocycles. The molecule has 0 spiro atoms. The molecule has 0 bridgehead atoms. The first kappa shape index (κ1) is 11.5. The van der Waals surface area contributed by atoms with Crippen molar-refractivity contribution in [3.05, 3.63) is 40.4 Å². The van der Waals surface area contributed by atoms with E-state index in [1.165, 1.54) is 24.3 Å². The predicted molar refractivity (Wildman–Crippen MR) is 56.1 cm³/mol. The Hall–Kier alpha value is -1.96. The summed E-state index contributed by atoms with van der Waals surface area (Å²) in [6.45, 7) is -0.400. The summed E-state index contributed by atoms with van der Waals surface area (Å²) in [6, 6.07) is 5.90. The Kier molecular flexibility index (Phi) is 2.58. The normalized spacial score (nSPS) is 19.9. The van der Waals surface area contributed by atoms with Crippen molar-refractivity contribution in [3.8, 4) is 0 Å². The van der Waals surface area contributed by atoms with E-state index in [-0.39, 0.29) is 4.90 Å². The molecule has 8 heteroatoms. The highest BCUT2D eigenvalue weighted by Gasteiger charge is 2.52. The van der Waals surface area contributed by atoms with Crippen molar-refractivity contribution in [1.82, 2.24) is 4.31 Å². The first-order chi connectivity index (χ1) is 7.94. The summed E-state index contributed by atoms with van der Waals surface area (Å²) in [6.07, 6.45) is 0. The minimum atomic E-state index is -3.94. The van der Waals surface area contributed by atoms with Crippen molar-refractivity contribution in [2.75, 3.05) is 6.54 Å². The molecule has 7 nitrogen and oxygen atoms in total. The molecule has 1 amide bonds. The second-order valence-corrected chi connectivity index (χ2v) is 5.35. The number of β-lactam (4-membered cyclic amide) rings is 1. The Labute approximate surface area is 96.9 Å². The molecule has 1 unspecified atom stereocenters. The van der Waals surface area contributed by atoms with E-state index in [0.29, 0.717) is 4.31 Å². The van der Waals surface area contributed by atoms with Gasteiger partial charge in [0.15, 0.2) is 0 Å². The van der Waals surface area contributed by atoms with Crippen LogP contribution >= 0.6 is 0 Å². The highest BCUT2D eigenvalue weighted by atomic mass is 32.2. The largest absolute Gasteiger partial charge is 0.313 e. The zero-order valence-electron chi connectivity index (χ0n) is 8.52. The van der Waals surface area contributed by atoms with E-state index >= 15 is 0 Å². The number of sulfonamides is 1. The first-order valence-corrected chi connectivity index (χ1v) is 6.14. The van der Waals surface area contributed by atoms with Crippen molar-refractivity contribution in [1.29, 1.82) is 0 Å². The van der Waals surface area contributed by atoms with Crippen molar-refractivity contribution in [3.63, 3.8) is 0 Å². The summed E-state index contributed by atoms with van der Waals surface area (Å²) in [7, 11) is -3.94. The molecule has 0 N–H and O–H groups in total. The molecule has 1 aromatic rings. The molecule has 1 fully saturated rings. The Balaban J connectivity index is 2.27. The number of nitrogens with zero attached hydrogens (tertiary/aromatic N) is 2. The number of nitro groups is 1. The summed E-state index contributed by atoms with van der Waals surface area (Å²) in [5.74, 6) is -0.987. The number of benzene rings is 1. The molecule has 0 saturated carbocycles. The lowest BCUT2D eigenvalue weighted by Gasteiger charge is -2.31. The van der Waals surface area contributed by atoms with Crippen LogP contribution in [0, 0.1) is 10.1 Å². The van der Waals surface area contributed by atoms with Crippen LogP contribution in [-0.4, -0.2) is 36.1 Å². The molecule has 1 saturated heterocycles. The summed E-state index contributed by atoms with van der Waals surface area (Å²) in [5, 5.41) is 10.4. The Morgan fingerprint density at radius 3 is 2.35 bits per heavy atom. The number of carbonyl (C=O) groups is 1. The lowest BCUT2D eigenvalue weighted by Crippen LogP contribution is -2.61. The van der Waals surface area contributed by atoms with Gasteiger partial charge in [-0.25, -0.2) is 12.7 Å². The van der Waals surface area contributed by atoms with Gasteiger partial charge in [0.2, 0.25) is 0 Å². The smallest absolute Gasteiger partial charge is 0.266 e. The van der Waals surface area contributed by atoms with E-state index in [1.54, 1.807) is 6.07 Å². The molecule has 1 aliphatic rings. The van der Waals surface area contributed by atoms with E-state index in [9.17, 15) is 23.3 Å². The standard InChI is InChI=1S/C9H8N2O5S/c12-9-8(11(13)14)6-10(9)17(15,16)7-4-2-1-3-5-7/h1-5,8H,6H2. The van der Waals surface area contributed by atoms with E-state index in [0.717, 1.165) is 0 Å². The SMILES string of the molecule is O=C1C([N+](=O)[O-])CN1S(=O)(=O)c1ccccc1. The van der Waals surface area contributed by atoms with E-state index in [4.69, 9.17) is 0 Å². The van der Waals surface area contributed by atoms with Gasteiger partial charge in [0.1, 0.15) is 6.54 Å². The van der Waals surface area contributed by atoms with Crippen LogP contribution in [0.1, 0.15) is 0 Å². The van der Waals surface area contributed by atoms with E-state index in [2.05, 4.69) is 0 Å². The third-order valence-corrected chi connectivity index (χ3v) is 4.23. The average molecular weight is 256 g/mol. The highest BCUT2D eigenvalue weighted by molar-refractivity contribution is 7.89. The van der Waals surface area contributed by atoms with Gasteiger partial charge in [-0.2, -0.15) is 0 Å². The number of carbonyl (C=O) groups excluding carboxylic acids is 1. The highest BCUT2D eigenvalue weighted by Crippen LogP contribution is 2.23. The molecule has 1 aromatic carbocycles. The summed E-state index contributed by atoms with van der Waals surface area (Å²) in [5.41, 5.74) is 0. The molecular weight excluding hydrogens is 248 g/mol. The van der Waals surface area contributed by atoms with Crippen LogP contribution in [0.5, 0.6) is 0 Å². The van der Waals surface area contributed by atoms with Gasteiger partial charge in [-0.05, 0) is 12.1 Å². The van der Waals surface area contributed by atoms with Gasteiger partial charge in [-0.3, -0.25) is 14.9 Å². The Morgan fingerprint density at radius 1 is 1.29 bits per heavy atom. The zero-order valence-corrected chi connectivity index (χ0v) is 9.33. The second kappa shape index (κ2) is 3.81. The molecule has 90 valence electrons. The lowest BCUT2D eigenvalue weighted by molar-refractivity contribution is -0.516. The Bertz CT molecular complexity index is 568. The Morgan fingerprint density at radius 2 is 1.88 bits per heavy atom. The maximum Gasteiger partial charge on any atom is 0.313 e. The molecule has 2 rings (SSSR count). The molecule has 17 heavy (non-hydrogen) atoms. The van der Waals surface area contributed by atoms with Gasteiger partial charge in [-0.15, -0.1) is 0 Å². The van der Waals surface area contributed by atoms with Gasteiger partial charge in [0.25, 0.3) is 10.0 Å². The zero-order chi connectivity index (χ0) is 12.6. The summed E-state index contributed by atoms with van der Waals surface area (Å²) < 4.78 is 24.3. The van der Waals surface area contributed by atoms with Crippen LogP contribution in [0.3, 0.4) is 0 Å². The molecule has 0 radical (unpaired) electrons. The van der Waals surface area contributed by atoms with Crippen molar-refractivity contribution in [2.45, 2.75) is 10.9 Å². The number of hydrogen-bond acceptors (Lipinski definition) is 5. The van der Waals surface area contributed by atoms with Gasteiger partial charge in [0.05, 0.1) is 4.90 Å². The fraction of sp³-hybridized carbons (Fsp3) is 0.222. The average Bonchev–Trinajstić information content (AvgIpc) is 2.27. The van der Waals surface area contributed by atoms with Crippen molar-refractivity contribution < 1.29 is 18.1 Å². The molecule has 0 aliphatic carbocycles. The van der Waals surface area contributed by atoms with E-state index in [1.807, 2.05) is 0 Å². The maximum absolute atomic E-state index is 11.9. The molecule has 1 heterocycles. The predicted octanol–water partition coefficient (Wildman–Crippen LogP) is -0.137. The number of amides is 1. The topological polar surface area (TPSA) is 97.6 Å². The van der Waals surface area contributed by atoms with Gasteiger partial charge >= 0.3 is 11.9 Å². The number of rotatable bonds is 3. The van der Waals surface area contributed by atoms with Gasteiger partial charge < -0.3 is 0 Å². The van der Waals surface area contributed by atoms with Crippen LogP contribution in [0.4, 0.5) is 0 Å². The van der Waals surface area contributed by atoms with Gasteiger partial charge in [0, 0.05) is 4.92 Å².